The van der Waals surface area contributed by atoms with Gasteiger partial charge in [0.05, 0.1) is 71.5 Å². The van der Waals surface area contributed by atoms with Gasteiger partial charge in [-0.05, 0) is 107 Å². The molecule has 0 spiro atoms. The van der Waals surface area contributed by atoms with Crippen molar-refractivity contribution in [3.05, 3.63) is 0 Å². The summed E-state index contributed by atoms with van der Waals surface area (Å²) in [5, 5.41) is 44.9. The van der Waals surface area contributed by atoms with Crippen molar-refractivity contribution in [3.63, 3.8) is 0 Å². The zero-order valence-corrected chi connectivity index (χ0v) is 63.2. The van der Waals surface area contributed by atoms with Gasteiger partial charge in [-0.2, -0.15) is 22.3 Å². The summed E-state index contributed by atoms with van der Waals surface area (Å²) >= 11 is 1.89. The number of aliphatic imine (C=N–C) groups is 1. The number of hydrogen-bond donors (Lipinski definition) is 8. The molecule has 28 nitrogen and oxygen atoms in total. The number of phosphoric acid groups is 2. The first-order chi connectivity index (χ1) is 47.9. The molecule has 0 aromatic carbocycles. The lowest BCUT2D eigenvalue weighted by Crippen LogP contribution is -2.57. The highest BCUT2D eigenvalue weighted by Crippen LogP contribution is 2.56. The average molecular weight is 1460 g/mol. The third-order valence-corrected chi connectivity index (χ3v) is 28.5. The van der Waals surface area contributed by atoms with Crippen LogP contribution in [0.5, 0.6) is 0 Å². The number of nitrogens with zero attached hydrogens (tertiary/aromatic N) is 4. The lowest BCUT2D eigenvalue weighted by molar-refractivity contribution is -0.122. The summed E-state index contributed by atoms with van der Waals surface area (Å²) in [6.07, 6.45) is 8.79. The van der Waals surface area contributed by atoms with E-state index >= 15 is 0 Å². The number of amidine groups is 1. The highest BCUT2D eigenvalue weighted by molar-refractivity contribution is 8.00. The second kappa shape index (κ2) is 45.3. The van der Waals surface area contributed by atoms with E-state index in [2.05, 4.69) is 84.9 Å². The molecule has 7 amide bonds. The summed E-state index contributed by atoms with van der Waals surface area (Å²) < 4.78 is 97.8. The first kappa shape index (κ1) is 81.5. The van der Waals surface area contributed by atoms with E-state index in [0.717, 1.165) is 102 Å². The molecule has 14 unspecified atom stereocenters. The molecular formula is C66H119N11O17P2SSi. The molecule has 0 saturated carbocycles. The van der Waals surface area contributed by atoms with Gasteiger partial charge in [0.15, 0.2) is 8.32 Å². The molecule has 14 atom stereocenters. The summed E-state index contributed by atoms with van der Waals surface area (Å²) in [7, 11) is -11.1. The summed E-state index contributed by atoms with van der Waals surface area (Å²) in [4.78, 5) is 68.4. The highest BCUT2D eigenvalue weighted by atomic mass is 32.2. The predicted molar refractivity (Wildman–Crippen MR) is 377 cm³/mol. The number of aliphatic hydroxyl groups excluding tert-OH is 1. The first-order valence-electron chi connectivity index (χ1n) is 37.0. The van der Waals surface area contributed by atoms with Gasteiger partial charge in [0.25, 0.3) is 0 Å². The fourth-order valence-corrected chi connectivity index (χ4v) is 21.0. The Bertz CT molecular complexity index is 2720. The molecule has 32 heteroatoms. The van der Waals surface area contributed by atoms with Gasteiger partial charge >= 0.3 is 27.7 Å². The molecule has 5 rings (SSSR count). The molecule has 5 aliphatic rings. The van der Waals surface area contributed by atoms with Crippen LogP contribution in [0.2, 0.25) is 18.1 Å². The Kier molecular flexibility index (Phi) is 37.7. The average Bonchev–Trinajstić information content (AvgIpc) is 1.07. The molecule has 5 aliphatic heterocycles. The molecule has 5 saturated heterocycles. The Morgan fingerprint density at radius 3 is 2.00 bits per heavy atom. The molecule has 98 heavy (non-hydrogen) atoms. The fourth-order valence-electron chi connectivity index (χ4n) is 12.9. The van der Waals surface area contributed by atoms with Crippen molar-refractivity contribution in [1.29, 1.82) is 12.0 Å². The van der Waals surface area contributed by atoms with Crippen LogP contribution < -0.4 is 37.2 Å². The van der Waals surface area contributed by atoms with E-state index in [1.807, 2.05) is 30.8 Å². The summed E-state index contributed by atoms with van der Waals surface area (Å²) in [6.45, 7) is 19.6. The number of fused-ring (bicyclic) bond motifs is 1. The first-order valence-corrected chi connectivity index (χ1v) is 42.9. The van der Waals surface area contributed by atoms with Gasteiger partial charge in [-0.15, -0.1) is 0 Å². The number of hydrogen-bond acceptors (Lipinski definition) is 22. The molecular weight excluding hydrogens is 1340 g/mol. The summed E-state index contributed by atoms with van der Waals surface area (Å²) in [5.41, 5.74) is 0. The Hall–Kier alpha value is -3.81. The quantitative estimate of drug-likeness (QED) is 0.0121. The van der Waals surface area contributed by atoms with Gasteiger partial charge in [-0.1, -0.05) is 80.1 Å². The topological polar surface area (TPSA) is 370 Å². The van der Waals surface area contributed by atoms with Crippen LogP contribution in [0.1, 0.15) is 191 Å². The number of urea groups is 2. The van der Waals surface area contributed by atoms with Gasteiger partial charge in [-0.25, -0.2) is 18.7 Å². The second-order valence-electron chi connectivity index (χ2n) is 27.2. The highest BCUT2D eigenvalue weighted by Gasteiger charge is 2.51. The number of carbonyl (C=O) groups excluding carboxylic acids is 5. The van der Waals surface area contributed by atoms with Crippen LogP contribution in [0.4, 0.5) is 9.59 Å². The van der Waals surface area contributed by atoms with E-state index < -0.39 is 73.8 Å². The maximum Gasteiger partial charge on any atom is 0.475 e. The fraction of sp³-hybridized carbons (Fsp3) is 0.879. The minimum atomic E-state index is -4.65. The number of rotatable bonds is 54. The maximum atomic E-state index is 14.5. The number of ether oxygens (including phenoxy) is 2. The van der Waals surface area contributed by atoms with E-state index in [-0.39, 0.29) is 105 Å². The predicted octanol–water partition coefficient (Wildman–Crippen LogP) is 9.63. The van der Waals surface area contributed by atoms with E-state index in [9.17, 15) is 43.6 Å². The van der Waals surface area contributed by atoms with Crippen molar-refractivity contribution in [3.8, 4) is 12.1 Å². The van der Waals surface area contributed by atoms with Crippen LogP contribution in [0, 0.1) is 40.4 Å². The smallest absolute Gasteiger partial charge is 0.417 e. The third kappa shape index (κ3) is 29.1. The Labute approximate surface area is 591 Å². The number of thioether (sulfide) groups is 1. The van der Waals surface area contributed by atoms with Crippen molar-refractivity contribution >= 4 is 71.3 Å². The van der Waals surface area contributed by atoms with Crippen LogP contribution in [-0.2, 0) is 64.6 Å². The standard InChI is InChI=1S/C66H119N11O17P2SSi/c1-9-51(5)66(6,49(2)3)98(7,8)91-42-25-34-69-33-24-41-89-95(84,87-39-22-31-67)93-53-30-43-86-56(53)47-90-96(85,88-40-23-32-68)94-54-44-61(92-55(54)46-78)77-45-50(4)63(76-65(77)83)73-38-19-11-10-18-35-70-58(79)27-14-12-20-36-71-59(80)28-15-13-21-37-72-60(81)29-17-16-26-57-62-52(48-97-57)74-64(82)75-62/h49-57,61-62,69,78H,9-30,33-48H2,1-8H3,(H,70,79)(H,71,80)(H,72,81)(H,73,76,83)(H2,74,75,82)/i43T,78D. The van der Waals surface area contributed by atoms with Crippen LogP contribution in [0.25, 0.3) is 0 Å². The number of nitrogens with one attached hydrogen (secondary N) is 7. The third-order valence-electron chi connectivity index (χ3n) is 19.4. The molecule has 0 aliphatic carbocycles. The van der Waals surface area contributed by atoms with Crippen LogP contribution in [0.3, 0.4) is 0 Å². The lowest BCUT2D eigenvalue weighted by atomic mass is 9.83. The molecule has 0 bridgehead atoms. The Balaban J connectivity index is 0.934. The number of phosphoric ester groups is 2. The van der Waals surface area contributed by atoms with Gasteiger partial charge < -0.3 is 50.9 Å². The lowest BCUT2D eigenvalue weighted by Gasteiger charge is -2.49. The van der Waals surface area contributed by atoms with Crippen molar-refractivity contribution in [2.24, 2.45) is 22.7 Å². The second-order valence-corrected chi connectivity index (χ2v) is 36.1. The summed E-state index contributed by atoms with van der Waals surface area (Å²) in [5.74, 6) is 2.34. The van der Waals surface area contributed by atoms with E-state index in [1.54, 1.807) is 0 Å². The molecule has 5 fully saturated rings. The Morgan fingerprint density at radius 2 is 1.39 bits per heavy atom. The number of nitriles is 2. The van der Waals surface area contributed by atoms with E-state index in [1.165, 1.54) is 4.90 Å². The largest absolute Gasteiger partial charge is 0.475 e. The monoisotopic (exact) mass is 1460 g/mol. The van der Waals surface area contributed by atoms with Gasteiger partial charge in [-0.3, -0.25) is 56.7 Å². The zero-order valence-electron chi connectivity index (χ0n) is 61.6. The van der Waals surface area contributed by atoms with Gasteiger partial charge in [0.2, 0.25) is 19.2 Å². The van der Waals surface area contributed by atoms with Crippen LogP contribution >= 0.6 is 27.4 Å². The molecule has 0 aromatic rings. The van der Waals surface area contributed by atoms with Gasteiger partial charge in [0.1, 0.15) is 36.5 Å². The molecule has 5 heterocycles. The number of carbonyl (C=O) groups is 5. The van der Waals surface area contributed by atoms with E-state index in [4.69, 9.17) is 53.9 Å². The number of unbranched alkanes of at least 4 members (excludes halogenated alkanes) is 8. The van der Waals surface area contributed by atoms with Crippen LogP contribution in [0.15, 0.2) is 4.99 Å². The minimum absolute atomic E-state index is 0.00361. The molecule has 0 aromatic heterocycles. The SMILES string of the molecule is [2H]OCC1OC(N2CC(C)C(=NCCCCCCNC(=O)CCCCCNC(=O)CCCCCNC(=O)CCCCC3SCC4NC(=O)NC43)NC2=O)CC1OP(=O)(OCCC#N)OCC1OC([3H])CC1OP(=O)(OCCC#N)OCCCNCCCO[Si](C)(C)C(C)(C(C)C)C(C)CC. The summed E-state index contributed by atoms with van der Waals surface area (Å²) in [6, 6.07) is 3.70. The Morgan fingerprint density at radius 1 is 0.806 bits per heavy atom. The molecule has 0 radical (unpaired) electrons. The molecule has 8 N–H and O–H groups in total. The van der Waals surface area contributed by atoms with Crippen molar-refractivity contribution in [1.82, 2.24) is 42.1 Å². The van der Waals surface area contributed by atoms with Crippen LogP contribution in [-0.4, -0.2) is 201 Å². The van der Waals surface area contributed by atoms with Crippen molar-refractivity contribution < 1.29 is 80.6 Å². The zero-order chi connectivity index (χ0) is 73.0. The van der Waals surface area contributed by atoms with E-state index in [0.29, 0.717) is 94.5 Å². The minimum Gasteiger partial charge on any atom is -0.417 e. The normalized spacial score (nSPS) is 26.0. The number of amides is 7. The van der Waals surface area contributed by atoms with Crippen molar-refractivity contribution in [2.75, 3.05) is 97.8 Å². The van der Waals surface area contributed by atoms with Crippen molar-refractivity contribution in [2.45, 2.75) is 255 Å². The van der Waals surface area contributed by atoms with Gasteiger partial charge in [0, 0.05) is 94.9 Å². The maximum absolute atomic E-state index is 14.5. The number of aliphatic hydroxyl groups is 1. The molecule has 560 valence electrons.